The van der Waals surface area contributed by atoms with E-state index in [2.05, 4.69) is 37.9 Å². The molecule has 0 bridgehead atoms. The zero-order chi connectivity index (χ0) is 10.1. The number of fused-ring (bicyclic) bond motifs is 1. The monoisotopic (exact) mass is 205 g/mol. The molecule has 2 heteroatoms. The normalized spacial score (nSPS) is 11.4. The van der Waals surface area contributed by atoms with Crippen molar-refractivity contribution in [1.29, 1.82) is 0 Å². The van der Waals surface area contributed by atoms with Crippen LogP contribution < -0.4 is 0 Å². The van der Waals surface area contributed by atoms with Crippen molar-refractivity contribution in [2.75, 3.05) is 0 Å². The van der Waals surface area contributed by atoms with Gasteiger partial charge in [0, 0.05) is 11.1 Å². The molecule has 2 aromatic rings. The van der Waals surface area contributed by atoms with Crippen LogP contribution in [0, 0.1) is 0 Å². The van der Waals surface area contributed by atoms with Gasteiger partial charge in [-0.05, 0) is 30.0 Å². The lowest BCUT2D eigenvalue weighted by Gasteiger charge is -1.97. The van der Waals surface area contributed by atoms with E-state index in [1.54, 1.807) is 0 Å². The van der Waals surface area contributed by atoms with E-state index in [1.807, 2.05) is 17.5 Å². The molecule has 0 aliphatic carbocycles. The highest BCUT2D eigenvalue weighted by Crippen LogP contribution is 2.31. The summed E-state index contributed by atoms with van der Waals surface area (Å²) in [6.45, 7) is 6.66. The van der Waals surface area contributed by atoms with Gasteiger partial charge in [0.1, 0.15) is 0 Å². The number of aromatic nitrogens is 1. The fraction of sp³-hybridized carbons (Fsp3) is 0.417. The summed E-state index contributed by atoms with van der Waals surface area (Å²) >= 11 is 1.89. The average molecular weight is 205 g/mol. The fourth-order valence-electron chi connectivity index (χ4n) is 1.57. The first kappa shape index (κ1) is 9.66. The van der Waals surface area contributed by atoms with E-state index in [0.29, 0.717) is 5.92 Å². The van der Waals surface area contributed by atoms with E-state index in [4.69, 9.17) is 0 Å². The van der Waals surface area contributed by atoms with Crippen LogP contribution >= 0.6 is 11.3 Å². The quantitative estimate of drug-likeness (QED) is 0.722. The van der Waals surface area contributed by atoms with Crippen LogP contribution in [0.15, 0.2) is 18.3 Å². The summed E-state index contributed by atoms with van der Waals surface area (Å²) in [5.74, 6) is 0.610. The van der Waals surface area contributed by atoms with Crippen molar-refractivity contribution in [2.24, 2.45) is 0 Å². The number of aryl methyl sites for hydroxylation is 1. The third-order valence-electron chi connectivity index (χ3n) is 2.46. The second-order valence-corrected chi connectivity index (χ2v) is 4.93. The van der Waals surface area contributed by atoms with Crippen molar-refractivity contribution in [3.8, 4) is 0 Å². The Morgan fingerprint density at radius 3 is 2.86 bits per heavy atom. The summed E-state index contributed by atoms with van der Waals surface area (Å²) in [5.41, 5.74) is 2.59. The molecule has 14 heavy (non-hydrogen) atoms. The van der Waals surface area contributed by atoms with Gasteiger partial charge in [-0.2, -0.15) is 0 Å². The van der Waals surface area contributed by atoms with E-state index in [1.165, 1.54) is 15.1 Å². The molecule has 0 amide bonds. The van der Waals surface area contributed by atoms with E-state index < -0.39 is 0 Å². The minimum atomic E-state index is 0.610. The Hall–Kier alpha value is -0.890. The van der Waals surface area contributed by atoms with Gasteiger partial charge in [-0.1, -0.05) is 20.8 Å². The second-order valence-electron chi connectivity index (χ2n) is 3.84. The van der Waals surface area contributed by atoms with Crippen LogP contribution in [0.3, 0.4) is 0 Å². The number of rotatable bonds is 2. The number of nitrogens with zero attached hydrogens (tertiary/aromatic N) is 1. The van der Waals surface area contributed by atoms with Gasteiger partial charge in [-0.25, -0.2) is 0 Å². The average Bonchev–Trinajstić information content (AvgIpc) is 2.60. The highest BCUT2D eigenvalue weighted by molar-refractivity contribution is 7.19. The Kier molecular flexibility index (Phi) is 2.55. The van der Waals surface area contributed by atoms with Gasteiger partial charge in [0.15, 0.2) is 0 Å². The third kappa shape index (κ3) is 1.55. The summed E-state index contributed by atoms with van der Waals surface area (Å²) in [6, 6.07) is 4.35. The molecule has 1 nitrogen and oxygen atoms in total. The molecule has 0 saturated heterocycles. The van der Waals surface area contributed by atoms with Crippen molar-refractivity contribution < 1.29 is 0 Å². The van der Waals surface area contributed by atoms with Gasteiger partial charge >= 0.3 is 0 Å². The molecule has 0 aliphatic rings. The maximum Gasteiger partial charge on any atom is 0.0815 e. The lowest BCUT2D eigenvalue weighted by atomic mass is 10.1. The van der Waals surface area contributed by atoms with Crippen molar-refractivity contribution in [3.05, 3.63) is 28.8 Å². The SMILES string of the molecule is CCc1ccnc2cc(C(C)C)sc12. The Bertz CT molecular complexity index is 443. The Morgan fingerprint density at radius 2 is 2.21 bits per heavy atom. The van der Waals surface area contributed by atoms with Crippen LogP contribution in [0.4, 0.5) is 0 Å². The van der Waals surface area contributed by atoms with Gasteiger partial charge in [-0.3, -0.25) is 4.98 Å². The number of thiophene rings is 1. The summed E-state index contributed by atoms with van der Waals surface area (Å²) in [7, 11) is 0. The summed E-state index contributed by atoms with van der Waals surface area (Å²) in [6.07, 6.45) is 3.01. The van der Waals surface area contributed by atoms with Crippen molar-refractivity contribution >= 4 is 21.6 Å². The van der Waals surface area contributed by atoms with Crippen LogP contribution in [0.1, 0.15) is 37.1 Å². The lowest BCUT2D eigenvalue weighted by Crippen LogP contribution is -1.80. The van der Waals surface area contributed by atoms with Crippen molar-refractivity contribution in [2.45, 2.75) is 33.1 Å². The first-order valence-corrected chi connectivity index (χ1v) is 5.91. The van der Waals surface area contributed by atoms with E-state index in [-0.39, 0.29) is 0 Å². The molecular formula is C12H15NS. The first-order valence-electron chi connectivity index (χ1n) is 5.09. The first-order chi connectivity index (χ1) is 6.72. The Morgan fingerprint density at radius 1 is 1.43 bits per heavy atom. The number of hydrogen-bond donors (Lipinski definition) is 0. The van der Waals surface area contributed by atoms with Crippen LogP contribution in [0.5, 0.6) is 0 Å². The van der Waals surface area contributed by atoms with Crippen LogP contribution in [-0.2, 0) is 6.42 Å². The molecule has 2 heterocycles. The van der Waals surface area contributed by atoms with Crippen molar-refractivity contribution in [3.63, 3.8) is 0 Å². The minimum absolute atomic E-state index is 0.610. The maximum atomic E-state index is 4.40. The third-order valence-corrected chi connectivity index (χ3v) is 3.96. The lowest BCUT2D eigenvalue weighted by molar-refractivity contribution is 0.890. The van der Waals surface area contributed by atoms with Crippen LogP contribution in [0.25, 0.3) is 10.2 Å². The molecule has 0 unspecified atom stereocenters. The van der Waals surface area contributed by atoms with E-state index >= 15 is 0 Å². The van der Waals surface area contributed by atoms with E-state index in [9.17, 15) is 0 Å². The zero-order valence-electron chi connectivity index (χ0n) is 8.87. The molecule has 74 valence electrons. The maximum absolute atomic E-state index is 4.40. The zero-order valence-corrected chi connectivity index (χ0v) is 9.69. The molecule has 0 saturated carbocycles. The molecule has 2 rings (SSSR count). The number of pyridine rings is 1. The molecule has 0 aromatic carbocycles. The van der Waals surface area contributed by atoms with Gasteiger partial charge in [0.25, 0.3) is 0 Å². The second kappa shape index (κ2) is 3.70. The molecule has 2 aromatic heterocycles. The van der Waals surface area contributed by atoms with Gasteiger partial charge in [0.2, 0.25) is 0 Å². The van der Waals surface area contributed by atoms with Crippen LogP contribution in [-0.4, -0.2) is 4.98 Å². The molecule has 0 spiro atoms. The Balaban J connectivity index is 2.64. The molecule has 0 atom stereocenters. The summed E-state index contributed by atoms with van der Waals surface area (Å²) < 4.78 is 1.37. The molecule has 0 fully saturated rings. The van der Waals surface area contributed by atoms with Gasteiger partial charge < -0.3 is 0 Å². The van der Waals surface area contributed by atoms with Crippen molar-refractivity contribution in [1.82, 2.24) is 4.98 Å². The van der Waals surface area contributed by atoms with Gasteiger partial charge in [-0.15, -0.1) is 11.3 Å². The molecular weight excluding hydrogens is 190 g/mol. The number of hydrogen-bond acceptors (Lipinski definition) is 2. The smallest absolute Gasteiger partial charge is 0.0815 e. The largest absolute Gasteiger partial charge is 0.255 e. The molecule has 0 aliphatic heterocycles. The minimum Gasteiger partial charge on any atom is -0.255 e. The van der Waals surface area contributed by atoms with Gasteiger partial charge in [0.05, 0.1) is 10.2 Å². The van der Waals surface area contributed by atoms with Crippen LogP contribution in [0.2, 0.25) is 0 Å². The standard InChI is InChI=1S/C12H15NS/c1-4-9-5-6-13-10-7-11(8(2)3)14-12(9)10/h5-8H,4H2,1-3H3. The Labute approximate surface area is 88.8 Å². The topological polar surface area (TPSA) is 12.9 Å². The highest BCUT2D eigenvalue weighted by Gasteiger charge is 2.08. The predicted molar refractivity (Wildman–Crippen MR) is 63.1 cm³/mol. The summed E-state index contributed by atoms with van der Waals surface area (Å²) in [4.78, 5) is 5.84. The highest BCUT2D eigenvalue weighted by atomic mass is 32.1. The summed E-state index contributed by atoms with van der Waals surface area (Å²) in [5, 5.41) is 0. The van der Waals surface area contributed by atoms with E-state index in [0.717, 1.165) is 11.9 Å². The molecule has 0 N–H and O–H groups in total. The molecule has 0 radical (unpaired) electrons. The fourth-order valence-corrected chi connectivity index (χ4v) is 2.77. The predicted octanol–water partition coefficient (Wildman–Crippen LogP) is 3.98.